The van der Waals surface area contributed by atoms with Crippen LogP contribution in [0, 0.1) is 11.8 Å². The molecule has 20 heavy (non-hydrogen) atoms. The van der Waals surface area contributed by atoms with Gasteiger partial charge in [0, 0.05) is 18.6 Å². The van der Waals surface area contributed by atoms with E-state index < -0.39 is 0 Å². The minimum Gasteiger partial charge on any atom is -0.313 e. The summed E-state index contributed by atoms with van der Waals surface area (Å²) in [7, 11) is 2.08. The zero-order valence-corrected chi connectivity index (χ0v) is 13.5. The van der Waals surface area contributed by atoms with Crippen molar-refractivity contribution in [3.8, 4) is 0 Å². The Bertz CT molecular complexity index is 388. The van der Waals surface area contributed by atoms with Crippen LogP contribution in [0.4, 0.5) is 0 Å². The van der Waals surface area contributed by atoms with Crippen LogP contribution < -0.4 is 5.32 Å². The van der Waals surface area contributed by atoms with E-state index in [2.05, 4.69) is 68.4 Å². The monoisotopic (exact) mass is 274 g/mol. The van der Waals surface area contributed by atoms with Crippen LogP contribution in [0.15, 0.2) is 30.3 Å². The van der Waals surface area contributed by atoms with Gasteiger partial charge >= 0.3 is 0 Å². The molecule has 2 heteroatoms. The van der Waals surface area contributed by atoms with Gasteiger partial charge in [0.05, 0.1) is 0 Å². The van der Waals surface area contributed by atoms with Crippen molar-refractivity contribution in [2.45, 2.75) is 45.7 Å². The molecule has 0 bridgehead atoms. The van der Waals surface area contributed by atoms with Crippen molar-refractivity contribution in [3.63, 3.8) is 0 Å². The summed E-state index contributed by atoms with van der Waals surface area (Å²) in [6.07, 6.45) is 2.74. The second kappa shape index (κ2) is 7.24. The minimum absolute atomic E-state index is 0.449. The molecule has 0 saturated carbocycles. The summed E-state index contributed by atoms with van der Waals surface area (Å²) in [4.78, 5) is 2.71. The van der Waals surface area contributed by atoms with E-state index in [4.69, 9.17) is 0 Å². The van der Waals surface area contributed by atoms with Gasteiger partial charge in [-0.25, -0.2) is 0 Å². The van der Waals surface area contributed by atoms with E-state index in [0.717, 1.165) is 12.0 Å². The van der Waals surface area contributed by atoms with Crippen molar-refractivity contribution < 1.29 is 0 Å². The summed E-state index contributed by atoms with van der Waals surface area (Å²) in [5.74, 6) is 1.40. The molecule has 1 heterocycles. The van der Waals surface area contributed by atoms with Crippen LogP contribution >= 0.6 is 0 Å². The number of nitrogens with zero attached hydrogens (tertiary/aromatic N) is 1. The molecule has 1 aromatic carbocycles. The Kier molecular flexibility index (Phi) is 5.62. The lowest BCUT2D eigenvalue weighted by molar-refractivity contribution is 0.167. The van der Waals surface area contributed by atoms with Gasteiger partial charge in [-0.05, 0) is 43.8 Å². The highest BCUT2D eigenvalue weighted by Crippen LogP contribution is 2.28. The molecule has 0 aliphatic carbocycles. The molecule has 1 aromatic rings. The van der Waals surface area contributed by atoms with E-state index in [-0.39, 0.29) is 0 Å². The maximum absolute atomic E-state index is 3.51. The quantitative estimate of drug-likeness (QED) is 0.851. The summed E-state index contributed by atoms with van der Waals surface area (Å²) in [6.45, 7) is 9.58. The number of likely N-dealkylation sites (tertiary alicyclic amines) is 1. The second-order valence-corrected chi connectivity index (χ2v) is 6.60. The molecule has 1 aliphatic heterocycles. The number of hydrogen-bond acceptors (Lipinski definition) is 2. The third-order valence-corrected chi connectivity index (χ3v) is 4.75. The normalized spacial score (nSPS) is 23.1. The Morgan fingerprint density at radius 3 is 2.50 bits per heavy atom. The molecule has 1 fully saturated rings. The highest BCUT2D eigenvalue weighted by atomic mass is 15.2. The minimum atomic E-state index is 0.449. The number of hydrogen-bond donors (Lipinski definition) is 1. The number of rotatable bonds is 6. The van der Waals surface area contributed by atoms with Crippen molar-refractivity contribution >= 4 is 0 Å². The van der Waals surface area contributed by atoms with Gasteiger partial charge in [-0.2, -0.15) is 0 Å². The molecule has 3 atom stereocenters. The molecule has 2 nitrogen and oxygen atoms in total. The predicted octanol–water partition coefficient (Wildman–Crippen LogP) is 3.70. The van der Waals surface area contributed by atoms with E-state index >= 15 is 0 Å². The predicted molar refractivity (Wildman–Crippen MR) is 86.8 cm³/mol. The molecule has 0 amide bonds. The van der Waals surface area contributed by atoms with E-state index in [1.807, 2.05) is 0 Å². The fraction of sp³-hybridized carbons (Fsp3) is 0.667. The van der Waals surface area contributed by atoms with Crippen LogP contribution in [0.1, 0.15) is 45.2 Å². The van der Waals surface area contributed by atoms with Gasteiger partial charge in [0.25, 0.3) is 0 Å². The van der Waals surface area contributed by atoms with Gasteiger partial charge in [0.2, 0.25) is 0 Å². The van der Waals surface area contributed by atoms with Crippen molar-refractivity contribution in [1.82, 2.24) is 10.2 Å². The summed E-state index contributed by atoms with van der Waals surface area (Å²) >= 11 is 0. The Balaban J connectivity index is 2.01. The molecule has 3 unspecified atom stereocenters. The largest absolute Gasteiger partial charge is 0.313 e. The molecule has 1 saturated heterocycles. The van der Waals surface area contributed by atoms with Gasteiger partial charge in [-0.3, -0.25) is 4.90 Å². The zero-order valence-electron chi connectivity index (χ0n) is 13.5. The Morgan fingerprint density at radius 1 is 1.20 bits per heavy atom. The van der Waals surface area contributed by atoms with Crippen LogP contribution in [-0.2, 0) is 0 Å². The van der Waals surface area contributed by atoms with Crippen LogP contribution in [0.2, 0.25) is 0 Å². The molecule has 112 valence electrons. The average molecular weight is 274 g/mol. The lowest BCUT2D eigenvalue weighted by Crippen LogP contribution is -2.39. The number of nitrogens with one attached hydrogen (secondary N) is 1. The van der Waals surface area contributed by atoms with Gasteiger partial charge in [0.1, 0.15) is 0 Å². The van der Waals surface area contributed by atoms with E-state index in [0.29, 0.717) is 12.0 Å². The molecule has 0 spiro atoms. The van der Waals surface area contributed by atoms with Gasteiger partial charge in [0.15, 0.2) is 0 Å². The maximum Gasteiger partial charge on any atom is 0.0355 e. The lowest BCUT2D eigenvalue weighted by atomic mass is 9.93. The van der Waals surface area contributed by atoms with Gasteiger partial charge in [-0.1, -0.05) is 51.1 Å². The first kappa shape index (κ1) is 15.5. The van der Waals surface area contributed by atoms with Crippen LogP contribution in [-0.4, -0.2) is 31.1 Å². The summed E-state index contributed by atoms with van der Waals surface area (Å²) in [5, 5.41) is 3.51. The summed E-state index contributed by atoms with van der Waals surface area (Å²) in [5.41, 5.74) is 1.41. The second-order valence-electron chi connectivity index (χ2n) is 6.60. The van der Waals surface area contributed by atoms with E-state index in [1.165, 1.54) is 31.5 Å². The first-order valence-electron chi connectivity index (χ1n) is 8.09. The molecular formula is C18H30N2. The zero-order chi connectivity index (χ0) is 14.5. The standard InChI is InChI=1S/C18H30N2/c1-14(2)17-11-8-12-20(17)13-15(3)18(19-4)16-9-6-5-7-10-16/h5-7,9-10,14-15,17-19H,8,11-13H2,1-4H3. The van der Waals surface area contributed by atoms with Crippen LogP contribution in [0.25, 0.3) is 0 Å². The molecule has 1 N–H and O–H groups in total. The van der Waals surface area contributed by atoms with Crippen molar-refractivity contribution in [1.29, 1.82) is 0 Å². The lowest BCUT2D eigenvalue weighted by Gasteiger charge is -2.33. The van der Waals surface area contributed by atoms with Crippen molar-refractivity contribution in [2.75, 3.05) is 20.1 Å². The van der Waals surface area contributed by atoms with E-state index in [9.17, 15) is 0 Å². The Labute approximate surface area is 124 Å². The van der Waals surface area contributed by atoms with Gasteiger partial charge < -0.3 is 5.32 Å². The molecule has 0 radical (unpaired) electrons. The molecular weight excluding hydrogens is 244 g/mol. The SMILES string of the molecule is CNC(c1ccccc1)C(C)CN1CCCC1C(C)C. The van der Waals surface area contributed by atoms with E-state index in [1.54, 1.807) is 0 Å². The highest BCUT2D eigenvalue weighted by Gasteiger charge is 2.29. The molecule has 1 aliphatic rings. The molecule has 2 rings (SSSR count). The smallest absolute Gasteiger partial charge is 0.0355 e. The highest BCUT2D eigenvalue weighted by molar-refractivity contribution is 5.19. The average Bonchev–Trinajstić information content (AvgIpc) is 2.89. The fourth-order valence-electron chi connectivity index (χ4n) is 3.75. The Morgan fingerprint density at radius 2 is 1.90 bits per heavy atom. The third kappa shape index (κ3) is 3.62. The topological polar surface area (TPSA) is 15.3 Å². The fourth-order valence-corrected chi connectivity index (χ4v) is 3.75. The third-order valence-electron chi connectivity index (χ3n) is 4.75. The summed E-state index contributed by atoms with van der Waals surface area (Å²) in [6, 6.07) is 12.1. The first-order valence-corrected chi connectivity index (χ1v) is 8.09. The van der Waals surface area contributed by atoms with Crippen LogP contribution in [0.5, 0.6) is 0 Å². The van der Waals surface area contributed by atoms with Crippen molar-refractivity contribution in [3.05, 3.63) is 35.9 Å². The summed E-state index contributed by atoms with van der Waals surface area (Å²) < 4.78 is 0. The maximum atomic E-state index is 3.51. The van der Waals surface area contributed by atoms with Crippen molar-refractivity contribution in [2.24, 2.45) is 11.8 Å². The van der Waals surface area contributed by atoms with Crippen LogP contribution in [0.3, 0.4) is 0 Å². The Hall–Kier alpha value is -0.860. The molecule has 0 aromatic heterocycles. The number of benzene rings is 1. The van der Waals surface area contributed by atoms with Gasteiger partial charge in [-0.15, -0.1) is 0 Å². The first-order chi connectivity index (χ1) is 9.63.